The summed E-state index contributed by atoms with van der Waals surface area (Å²) >= 11 is 0. The van der Waals surface area contributed by atoms with E-state index < -0.39 is 11.7 Å². The molecule has 0 atom stereocenters. The van der Waals surface area contributed by atoms with Crippen LogP contribution in [0.2, 0.25) is 0 Å². The van der Waals surface area contributed by atoms with Gasteiger partial charge >= 0.3 is 6.18 Å². The lowest BCUT2D eigenvalue weighted by Gasteiger charge is -2.13. The summed E-state index contributed by atoms with van der Waals surface area (Å²) in [5.41, 5.74) is 0.843. The van der Waals surface area contributed by atoms with Crippen LogP contribution in [0.3, 0.4) is 0 Å². The fourth-order valence-electron chi connectivity index (χ4n) is 2.12. The van der Waals surface area contributed by atoms with Crippen molar-refractivity contribution in [2.24, 2.45) is 4.99 Å². The Labute approximate surface area is 138 Å². The zero-order valence-electron chi connectivity index (χ0n) is 13.3. The number of rotatable bonds is 5. The third kappa shape index (κ3) is 5.57. The molecule has 2 rings (SSSR count). The molecule has 0 unspecified atom stereocenters. The summed E-state index contributed by atoms with van der Waals surface area (Å²) in [5.74, 6) is 0.531. The van der Waals surface area contributed by atoms with Crippen LogP contribution in [0.4, 0.5) is 13.2 Å². The maximum absolute atomic E-state index is 12.7. The van der Waals surface area contributed by atoms with E-state index in [0.29, 0.717) is 18.1 Å². The number of alkyl halides is 3. The van der Waals surface area contributed by atoms with Gasteiger partial charge in [0.1, 0.15) is 0 Å². The number of guanidine groups is 1. The van der Waals surface area contributed by atoms with Crippen molar-refractivity contribution in [1.82, 2.24) is 15.6 Å². The Kier molecular flexibility index (Phi) is 6.17. The molecule has 0 saturated carbocycles. The number of hydrogen-bond acceptors (Lipinski definition) is 2. The molecule has 0 fully saturated rings. The highest BCUT2D eigenvalue weighted by molar-refractivity contribution is 5.79. The molecule has 0 spiro atoms. The van der Waals surface area contributed by atoms with Crippen LogP contribution in [0.25, 0.3) is 0 Å². The molecular weight excluding hydrogens is 317 g/mol. The average Bonchev–Trinajstić information content (AvgIpc) is 2.58. The van der Waals surface area contributed by atoms with Crippen LogP contribution in [0.5, 0.6) is 0 Å². The molecule has 4 nitrogen and oxygen atoms in total. The van der Waals surface area contributed by atoms with Crippen LogP contribution >= 0.6 is 0 Å². The minimum Gasteiger partial charge on any atom is -0.356 e. The number of aliphatic imine (C=N–C) groups is 1. The summed E-state index contributed by atoms with van der Waals surface area (Å²) in [6.07, 6.45) is -1.88. The lowest BCUT2D eigenvalue weighted by Crippen LogP contribution is -2.37. The van der Waals surface area contributed by atoms with Gasteiger partial charge in [0.2, 0.25) is 0 Å². The van der Waals surface area contributed by atoms with Crippen molar-refractivity contribution >= 4 is 5.96 Å². The van der Waals surface area contributed by atoms with Gasteiger partial charge in [0.05, 0.1) is 5.56 Å². The van der Waals surface area contributed by atoms with E-state index in [-0.39, 0.29) is 6.54 Å². The van der Waals surface area contributed by atoms with Crippen LogP contribution in [0.15, 0.2) is 53.7 Å². The first kappa shape index (κ1) is 17.8. The monoisotopic (exact) mass is 336 g/mol. The number of nitrogens with zero attached hydrogens (tertiary/aromatic N) is 2. The van der Waals surface area contributed by atoms with Gasteiger partial charge in [0.25, 0.3) is 0 Å². The predicted molar refractivity (Wildman–Crippen MR) is 87.6 cm³/mol. The second-order valence-corrected chi connectivity index (χ2v) is 5.12. The zero-order valence-corrected chi connectivity index (χ0v) is 13.3. The SMILES string of the molecule is CN=C(NCCc1ccccn1)NCc1cccc(C(F)(F)F)c1. The summed E-state index contributed by atoms with van der Waals surface area (Å²) in [7, 11) is 1.61. The van der Waals surface area contributed by atoms with Crippen LogP contribution in [0.1, 0.15) is 16.8 Å². The number of aromatic nitrogens is 1. The molecule has 1 aromatic carbocycles. The summed E-state index contributed by atoms with van der Waals surface area (Å²) < 4.78 is 38.1. The zero-order chi connectivity index (χ0) is 17.4. The average molecular weight is 336 g/mol. The molecule has 1 aromatic heterocycles. The van der Waals surface area contributed by atoms with E-state index in [0.717, 1.165) is 24.2 Å². The highest BCUT2D eigenvalue weighted by Gasteiger charge is 2.30. The maximum atomic E-state index is 12.7. The Hall–Kier alpha value is -2.57. The molecule has 0 bridgehead atoms. The summed E-state index contributed by atoms with van der Waals surface area (Å²) in [6, 6.07) is 10.9. The molecule has 2 N–H and O–H groups in total. The lowest BCUT2D eigenvalue weighted by atomic mass is 10.1. The van der Waals surface area contributed by atoms with Crippen molar-refractivity contribution in [3.63, 3.8) is 0 Å². The van der Waals surface area contributed by atoms with Gasteiger partial charge in [0.15, 0.2) is 5.96 Å². The third-order valence-corrected chi connectivity index (χ3v) is 3.34. The molecule has 0 saturated heterocycles. The van der Waals surface area contributed by atoms with E-state index in [4.69, 9.17) is 0 Å². The first-order chi connectivity index (χ1) is 11.5. The molecule has 0 aliphatic carbocycles. The van der Waals surface area contributed by atoms with Crippen molar-refractivity contribution in [1.29, 1.82) is 0 Å². The minimum atomic E-state index is -4.33. The molecular formula is C17H19F3N4. The standard InChI is InChI=1S/C17H19F3N4/c1-21-16(23-10-8-15-7-2-3-9-22-15)24-12-13-5-4-6-14(11-13)17(18,19)20/h2-7,9,11H,8,10,12H2,1H3,(H2,21,23,24). The summed E-state index contributed by atoms with van der Waals surface area (Å²) in [4.78, 5) is 8.28. The number of hydrogen-bond donors (Lipinski definition) is 2. The van der Waals surface area contributed by atoms with Gasteiger partial charge in [-0.1, -0.05) is 18.2 Å². The van der Waals surface area contributed by atoms with E-state index >= 15 is 0 Å². The topological polar surface area (TPSA) is 49.3 Å². The predicted octanol–water partition coefficient (Wildman–Crippen LogP) is 3.01. The Bertz CT molecular complexity index is 669. The Morgan fingerprint density at radius 2 is 1.96 bits per heavy atom. The van der Waals surface area contributed by atoms with Gasteiger partial charge in [-0.2, -0.15) is 13.2 Å². The molecule has 7 heteroatoms. The van der Waals surface area contributed by atoms with Gasteiger partial charge in [-0.3, -0.25) is 9.98 Å². The molecule has 128 valence electrons. The smallest absolute Gasteiger partial charge is 0.356 e. The van der Waals surface area contributed by atoms with Gasteiger partial charge in [-0.05, 0) is 29.8 Å². The number of pyridine rings is 1. The molecule has 24 heavy (non-hydrogen) atoms. The van der Waals surface area contributed by atoms with E-state index in [2.05, 4.69) is 20.6 Å². The molecule has 0 radical (unpaired) electrons. The van der Waals surface area contributed by atoms with E-state index in [1.165, 1.54) is 6.07 Å². The summed E-state index contributed by atoms with van der Waals surface area (Å²) in [5, 5.41) is 6.11. The Balaban J connectivity index is 1.83. The highest BCUT2D eigenvalue weighted by atomic mass is 19.4. The maximum Gasteiger partial charge on any atom is 0.416 e. The number of nitrogens with one attached hydrogen (secondary N) is 2. The number of halogens is 3. The van der Waals surface area contributed by atoms with Crippen molar-refractivity contribution in [2.75, 3.05) is 13.6 Å². The summed E-state index contributed by atoms with van der Waals surface area (Å²) in [6.45, 7) is 0.881. The van der Waals surface area contributed by atoms with Crippen LogP contribution in [-0.4, -0.2) is 24.5 Å². The van der Waals surface area contributed by atoms with Crippen LogP contribution < -0.4 is 10.6 Å². The Morgan fingerprint density at radius 1 is 1.12 bits per heavy atom. The Morgan fingerprint density at radius 3 is 2.62 bits per heavy atom. The van der Waals surface area contributed by atoms with Crippen molar-refractivity contribution in [3.8, 4) is 0 Å². The van der Waals surface area contributed by atoms with Gasteiger partial charge in [0, 0.05) is 38.4 Å². The molecule has 0 amide bonds. The van der Waals surface area contributed by atoms with Gasteiger partial charge in [-0.15, -0.1) is 0 Å². The van der Waals surface area contributed by atoms with Crippen molar-refractivity contribution in [3.05, 3.63) is 65.5 Å². The molecule has 1 heterocycles. The first-order valence-corrected chi connectivity index (χ1v) is 7.49. The molecule has 0 aliphatic heterocycles. The van der Waals surface area contributed by atoms with E-state index in [9.17, 15) is 13.2 Å². The third-order valence-electron chi connectivity index (χ3n) is 3.34. The van der Waals surface area contributed by atoms with Gasteiger partial charge < -0.3 is 10.6 Å². The quantitative estimate of drug-likeness (QED) is 0.652. The fraction of sp³-hybridized carbons (Fsp3) is 0.294. The van der Waals surface area contributed by atoms with Crippen molar-refractivity contribution < 1.29 is 13.2 Å². The highest BCUT2D eigenvalue weighted by Crippen LogP contribution is 2.29. The number of benzene rings is 1. The largest absolute Gasteiger partial charge is 0.416 e. The van der Waals surface area contributed by atoms with E-state index in [1.54, 1.807) is 19.3 Å². The normalized spacial score (nSPS) is 12.1. The molecule has 2 aromatic rings. The fourth-order valence-corrected chi connectivity index (χ4v) is 2.12. The first-order valence-electron chi connectivity index (χ1n) is 7.49. The second-order valence-electron chi connectivity index (χ2n) is 5.12. The van der Waals surface area contributed by atoms with Crippen molar-refractivity contribution in [2.45, 2.75) is 19.1 Å². The van der Waals surface area contributed by atoms with Crippen LogP contribution in [0, 0.1) is 0 Å². The molecule has 0 aliphatic rings. The lowest BCUT2D eigenvalue weighted by molar-refractivity contribution is -0.137. The van der Waals surface area contributed by atoms with E-state index in [1.807, 2.05) is 18.2 Å². The minimum absolute atomic E-state index is 0.257. The van der Waals surface area contributed by atoms with Crippen LogP contribution in [-0.2, 0) is 19.1 Å². The second kappa shape index (κ2) is 8.33. The van der Waals surface area contributed by atoms with Gasteiger partial charge in [-0.25, -0.2) is 0 Å².